The molecule has 7 heteroatoms. The molecule has 0 aliphatic heterocycles. The number of likely N-dealkylation sites (N-methyl/N-ethyl adjacent to an activating group) is 1. The van der Waals surface area contributed by atoms with E-state index in [1.54, 1.807) is 33.3 Å². The largest absolute Gasteiger partial charge is 0.357 e. The van der Waals surface area contributed by atoms with E-state index in [4.69, 9.17) is 0 Å². The van der Waals surface area contributed by atoms with Gasteiger partial charge in [0.1, 0.15) is 0 Å². The minimum Gasteiger partial charge on any atom is -0.357 e. The van der Waals surface area contributed by atoms with Crippen molar-refractivity contribution in [1.29, 1.82) is 0 Å². The number of carbonyl (C=O) groups is 2. The third kappa shape index (κ3) is 6.37. The molecule has 126 valence electrons. The topological polar surface area (TPSA) is 85.8 Å². The smallest absolute Gasteiger partial charge is 0.251 e. The molecule has 0 fully saturated rings. The van der Waals surface area contributed by atoms with Crippen molar-refractivity contribution in [2.75, 3.05) is 34.2 Å². The van der Waals surface area contributed by atoms with E-state index >= 15 is 0 Å². The molecule has 7 nitrogen and oxygen atoms in total. The number of hydrogen-bond acceptors (Lipinski definition) is 3. The minimum atomic E-state index is -0.127. The molecule has 0 spiro atoms. The standard InChI is InChI=1S/C16H25N5O2/c1-5-18-16(20-11-14(22)21(3)4)19-10-12-7-6-8-13(9-12)15(23)17-2/h6-9H,5,10-11H2,1-4H3,(H,17,23)(H2,18,19,20). The fourth-order valence-electron chi connectivity index (χ4n) is 1.78. The van der Waals surface area contributed by atoms with Gasteiger partial charge >= 0.3 is 0 Å². The molecule has 2 amide bonds. The van der Waals surface area contributed by atoms with Gasteiger partial charge in [-0.15, -0.1) is 0 Å². The van der Waals surface area contributed by atoms with E-state index in [1.165, 1.54) is 4.90 Å². The maximum atomic E-state index is 11.6. The lowest BCUT2D eigenvalue weighted by Gasteiger charge is -2.14. The van der Waals surface area contributed by atoms with E-state index in [2.05, 4.69) is 20.9 Å². The van der Waals surface area contributed by atoms with E-state index in [0.29, 0.717) is 24.6 Å². The molecular weight excluding hydrogens is 294 g/mol. The summed E-state index contributed by atoms with van der Waals surface area (Å²) >= 11 is 0. The quantitative estimate of drug-likeness (QED) is 0.516. The summed E-state index contributed by atoms with van der Waals surface area (Å²) in [6.45, 7) is 3.24. The van der Waals surface area contributed by atoms with E-state index < -0.39 is 0 Å². The molecular formula is C16H25N5O2. The van der Waals surface area contributed by atoms with Crippen molar-refractivity contribution in [2.45, 2.75) is 13.5 Å². The predicted octanol–water partition coefficient (Wildman–Crippen LogP) is 0.190. The highest BCUT2D eigenvalue weighted by Gasteiger charge is 2.06. The normalized spacial score (nSPS) is 10.9. The van der Waals surface area contributed by atoms with Crippen LogP contribution in [0.4, 0.5) is 0 Å². The molecule has 0 aliphatic rings. The Morgan fingerprint density at radius 3 is 2.57 bits per heavy atom. The molecule has 0 saturated heterocycles. The van der Waals surface area contributed by atoms with E-state index in [0.717, 1.165) is 5.56 Å². The number of hydrogen-bond donors (Lipinski definition) is 3. The average Bonchev–Trinajstić information content (AvgIpc) is 2.56. The van der Waals surface area contributed by atoms with Crippen LogP contribution in [0, 0.1) is 0 Å². The number of guanidine groups is 1. The van der Waals surface area contributed by atoms with Crippen LogP contribution in [0.2, 0.25) is 0 Å². The number of benzene rings is 1. The summed E-state index contributed by atoms with van der Waals surface area (Å²) in [6, 6.07) is 7.29. The van der Waals surface area contributed by atoms with Crippen LogP contribution in [0.5, 0.6) is 0 Å². The van der Waals surface area contributed by atoms with Crippen LogP contribution in [0.1, 0.15) is 22.8 Å². The van der Waals surface area contributed by atoms with Crippen molar-refractivity contribution in [3.63, 3.8) is 0 Å². The molecule has 0 unspecified atom stereocenters. The Labute approximate surface area is 137 Å². The maximum Gasteiger partial charge on any atom is 0.251 e. The van der Waals surface area contributed by atoms with Crippen molar-refractivity contribution in [2.24, 2.45) is 4.99 Å². The van der Waals surface area contributed by atoms with E-state index in [9.17, 15) is 9.59 Å². The van der Waals surface area contributed by atoms with Crippen molar-refractivity contribution < 1.29 is 9.59 Å². The highest BCUT2D eigenvalue weighted by atomic mass is 16.2. The zero-order valence-corrected chi connectivity index (χ0v) is 14.1. The first-order valence-electron chi connectivity index (χ1n) is 7.51. The number of rotatable bonds is 6. The Hall–Kier alpha value is -2.57. The molecule has 1 aromatic carbocycles. The SMILES string of the molecule is CCNC(=NCc1cccc(C(=O)NC)c1)NCC(=O)N(C)C. The van der Waals surface area contributed by atoms with Gasteiger partial charge in [-0.25, -0.2) is 4.99 Å². The van der Waals surface area contributed by atoms with Crippen molar-refractivity contribution in [3.05, 3.63) is 35.4 Å². The van der Waals surface area contributed by atoms with Crippen LogP contribution in [-0.4, -0.2) is 56.9 Å². The van der Waals surface area contributed by atoms with Gasteiger partial charge in [-0.1, -0.05) is 12.1 Å². The van der Waals surface area contributed by atoms with Crippen molar-refractivity contribution in [1.82, 2.24) is 20.9 Å². The number of amides is 2. The van der Waals surface area contributed by atoms with Gasteiger partial charge in [0, 0.05) is 33.3 Å². The Bertz CT molecular complexity index is 569. The zero-order valence-electron chi connectivity index (χ0n) is 14.1. The number of aliphatic imine (C=N–C) groups is 1. The summed E-state index contributed by atoms with van der Waals surface area (Å²) in [7, 11) is 5.01. The molecule has 3 N–H and O–H groups in total. The lowest BCUT2D eigenvalue weighted by Crippen LogP contribution is -2.42. The van der Waals surface area contributed by atoms with Crippen LogP contribution < -0.4 is 16.0 Å². The van der Waals surface area contributed by atoms with Gasteiger partial charge in [-0.2, -0.15) is 0 Å². The highest BCUT2D eigenvalue weighted by molar-refractivity contribution is 5.94. The molecule has 0 aliphatic carbocycles. The second kappa shape index (κ2) is 9.45. The Kier molecular flexibility index (Phi) is 7.59. The first-order chi connectivity index (χ1) is 11.0. The van der Waals surface area contributed by atoms with Crippen LogP contribution in [0.25, 0.3) is 0 Å². The Morgan fingerprint density at radius 2 is 1.96 bits per heavy atom. The van der Waals surface area contributed by atoms with Gasteiger partial charge in [0.15, 0.2) is 5.96 Å². The summed E-state index contributed by atoms with van der Waals surface area (Å²) in [6.07, 6.45) is 0. The predicted molar refractivity (Wildman–Crippen MR) is 91.3 cm³/mol. The van der Waals surface area contributed by atoms with Gasteiger partial charge in [0.25, 0.3) is 5.91 Å². The third-order valence-corrected chi connectivity index (χ3v) is 3.09. The summed E-state index contributed by atoms with van der Waals surface area (Å²) in [4.78, 5) is 29.2. The van der Waals surface area contributed by atoms with Gasteiger partial charge in [0.2, 0.25) is 5.91 Å². The van der Waals surface area contributed by atoms with Gasteiger partial charge in [0.05, 0.1) is 13.1 Å². The van der Waals surface area contributed by atoms with Gasteiger partial charge in [-0.3, -0.25) is 9.59 Å². The molecule has 0 heterocycles. The van der Waals surface area contributed by atoms with Gasteiger partial charge in [-0.05, 0) is 24.6 Å². The van der Waals surface area contributed by atoms with E-state index in [-0.39, 0.29) is 18.4 Å². The van der Waals surface area contributed by atoms with Crippen molar-refractivity contribution in [3.8, 4) is 0 Å². The van der Waals surface area contributed by atoms with Crippen molar-refractivity contribution >= 4 is 17.8 Å². The Balaban J connectivity index is 2.73. The fourth-order valence-corrected chi connectivity index (χ4v) is 1.78. The monoisotopic (exact) mass is 319 g/mol. The van der Waals surface area contributed by atoms with Crippen LogP contribution >= 0.6 is 0 Å². The summed E-state index contributed by atoms with van der Waals surface area (Å²) in [5.74, 6) is 0.405. The second-order valence-corrected chi connectivity index (χ2v) is 5.12. The number of carbonyl (C=O) groups excluding carboxylic acids is 2. The minimum absolute atomic E-state index is 0.0304. The zero-order chi connectivity index (χ0) is 17.2. The molecule has 1 rings (SSSR count). The fraction of sp³-hybridized carbons (Fsp3) is 0.438. The van der Waals surface area contributed by atoms with E-state index in [1.807, 2.05) is 19.1 Å². The molecule has 0 radical (unpaired) electrons. The van der Waals surface area contributed by atoms with Gasteiger partial charge < -0.3 is 20.9 Å². The number of nitrogens with zero attached hydrogens (tertiary/aromatic N) is 2. The first kappa shape index (κ1) is 18.5. The lowest BCUT2D eigenvalue weighted by molar-refractivity contribution is -0.127. The maximum absolute atomic E-state index is 11.6. The molecule has 1 aromatic rings. The van der Waals surface area contributed by atoms with Crippen LogP contribution in [0.15, 0.2) is 29.3 Å². The van der Waals surface area contributed by atoms with Crippen LogP contribution in [0.3, 0.4) is 0 Å². The molecule has 0 saturated carbocycles. The molecule has 0 atom stereocenters. The summed E-state index contributed by atoms with van der Waals surface area (Å²) in [5.41, 5.74) is 1.52. The third-order valence-electron chi connectivity index (χ3n) is 3.09. The molecule has 0 bridgehead atoms. The Morgan fingerprint density at radius 1 is 1.22 bits per heavy atom. The summed E-state index contributed by atoms with van der Waals surface area (Å²) in [5, 5.41) is 8.67. The van der Waals surface area contributed by atoms with Crippen LogP contribution in [-0.2, 0) is 11.3 Å². The number of nitrogens with one attached hydrogen (secondary N) is 3. The lowest BCUT2D eigenvalue weighted by atomic mass is 10.1. The molecule has 0 aromatic heterocycles. The average molecular weight is 319 g/mol. The molecule has 23 heavy (non-hydrogen) atoms. The highest BCUT2D eigenvalue weighted by Crippen LogP contribution is 2.06. The first-order valence-corrected chi connectivity index (χ1v) is 7.51. The summed E-state index contributed by atoms with van der Waals surface area (Å²) < 4.78 is 0. The second-order valence-electron chi connectivity index (χ2n) is 5.12.